The molecule has 3 aliphatic rings. The number of pyridine rings is 1. The summed E-state index contributed by atoms with van der Waals surface area (Å²) in [6, 6.07) is 15.3. The summed E-state index contributed by atoms with van der Waals surface area (Å²) in [5, 5.41) is 14.1. The van der Waals surface area contributed by atoms with Gasteiger partial charge in [0.25, 0.3) is 5.91 Å². The summed E-state index contributed by atoms with van der Waals surface area (Å²) in [4.78, 5) is 62.1. The number of carbonyl (C=O) groups is 4. The number of hydrogen-bond acceptors (Lipinski definition) is 11. The second-order valence-corrected chi connectivity index (χ2v) is 22.6. The maximum Gasteiger partial charge on any atom is 0.251 e. The lowest BCUT2D eigenvalue weighted by atomic mass is 9.69. The number of imidazole rings is 1. The Bertz CT molecular complexity index is 2790. The first kappa shape index (κ1) is 54.0. The number of aromatic nitrogens is 3. The molecule has 2 aromatic heterocycles. The summed E-state index contributed by atoms with van der Waals surface area (Å²) >= 11 is 0. The molecule has 1 fully saturated rings. The third-order valence-corrected chi connectivity index (χ3v) is 16.8. The predicted octanol–water partition coefficient (Wildman–Crippen LogP) is 10.1. The Morgan fingerprint density at radius 2 is 1.60 bits per heavy atom. The molecule has 3 amide bonds. The average molecular weight is 1010 g/mol. The molecule has 15 heteroatoms. The van der Waals surface area contributed by atoms with Crippen LogP contribution in [0.4, 0.5) is 5.82 Å². The van der Waals surface area contributed by atoms with Crippen LogP contribution in [0, 0.1) is 5.41 Å². The quantitative estimate of drug-likeness (QED) is 0.0333. The van der Waals surface area contributed by atoms with Gasteiger partial charge in [0.1, 0.15) is 17.9 Å². The third kappa shape index (κ3) is 12.9. The number of amides is 3. The number of nitrogens with one attached hydrogen (secondary N) is 4. The van der Waals surface area contributed by atoms with E-state index in [1.54, 1.807) is 21.6 Å². The van der Waals surface area contributed by atoms with E-state index in [4.69, 9.17) is 15.5 Å². The van der Waals surface area contributed by atoms with Gasteiger partial charge >= 0.3 is 0 Å². The van der Waals surface area contributed by atoms with E-state index in [1.807, 2.05) is 112 Å². The Morgan fingerprint density at radius 3 is 2.38 bits per heavy atom. The molecule has 0 radical (unpaired) electrons. The number of para-hydroxylation sites is 1. The van der Waals surface area contributed by atoms with Gasteiger partial charge in [0.2, 0.25) is 11.8 Å². The number of hydrogen-bond donors (Lipinski definition) is 5. The smallest absolute Gasteiger partial charge is 0.251 e. The highest BCUT2D eigenvalue weighted by atomic mass is 33.1. The van der Waals surface area contributed by atoms with Crippen molar-refractivity contribution in [3.63, 3.8) is 0 Å². The van der Waals surface area contributed by atoms with Gasteiger partial charge < -0.3 is 31.0 Å². The van der Waals surface area contributed by atoms with Crippen molar-refractivity contribution in [3.05, 3.63) is 137 Å². The number of unbranched alkanes of at least 4 members (excludes halogenated alkanes) is 3. The highest BCUT2D eigenvalue weighted by Gasteiger charge is 2.63. The van der Waals surface area contributed by atoms with E-state index in [0.717, 1.165) is 71.1 Å². The summed E-state index contributed by atoms with van der Waals surface area (Å²) in [5.74, 6) is 1.89. The molecule has 4 unspecified atom stereocenters. The lowest BCUT2D eigenvalue weighted by Crippen LogP contribution is -2.48. The predicted molar refractivity (Wildman–Crippen MR) is 295 cm³/mol. The van der Waals surface area contributed by atoms with Crippen molar-refractivity contribution in [1.82, 2.24) is 35.8 Å². The highest BCUT2D eigenvalue weighted by molar-refractivity contribution is 8.76. The van der Waals surface area contributed by atoms with Crippen LogP contribution in [0.3, 0.4) is 0 Å². The molecule has 382 valence electrons. The van der Waals surface area contributed by atoms with Gasteiger partial charge in [-0.1, -0.05) is 119 Å². The van der Waals surface area contributed by atoms with Crippen molar-refractivity contribution in [2.24, 2.45) is 5.41 Å². The van der Waals surface area contributed by atoms with Crippen LogP contribution in [0.2, 0.25) is 0 Å². The lowest BCUT2D eigenvalue weighted by molar-refractivity contribution is -0.125. The first-order valence-corrected chi connectivity index (χ1v) is 27.8. The molecule has 0 saturated carbocycles. The SMILES string of the molecule is CCOCc1nc2c(N)nc3ccccc3c2n1CC(C)(C)NC(=O)CCCCCNC(=O)CCSSC(C)c1ccc(C(=O)NCCCCC2NC3(C)C4=CC(=C/C=C\C=C/C=C\C=C/4)\C3(C)C2=O)cc1. The number of carbonyl (C=O) groups excluding carboxylic acids is 4. The van der Waals surface area contributed by atoms with Gasteiger partial charge in [-0.3, -0.25) is 24.5 Å². The zero-order chi connectivity index (χ0) is 51.3. The Morgan fingerprint density at radius 1 is 0.875 bits per heavy atom. The number of allylic oxidation sites excluding steroid dienone is 9. The molecular formula is C57H72N8O5S2. The van der Waals surface area contributed by atoms with Crippen LogP contribution in [0.15, 0.2) is 120 Å². The molecule has 1 aliphatic heterocycles. The summed E-state index contributed by atoms with van der Waals surface area (Å²) in [5.41, 5.74) is 10.8. The minimum Gasteiger partial charge on any atom is -0.382 e. The molecule has 6 N–H and O–H groups in total. The van der Waals surface area contributed by atoms with Crippen LogP contribution >= 0.6 is 21.6 Å². The summed E-state index contributed by atoms with van der Waals surface area (Å²) < 4.78 is 7.86. The van der Waals surface area contributed by atoms with E-state index in [1.165, 1.54) is 0 Å². The second-order valence-electron chi connectivity index (χ2n) is 19.8. The molecular weight excluding hydrogens is 941 g/mol. The number of anilines is 1. The standard InChI is InChI=1S/C57H72N8O5S2/c1-7-70-37-47-62-50-51(44-24-17-18-25-45(44)61-53(50)58)65(47)38-55(3,4)64-49(67)27-16-13-20-33-59-48(66)32-35-71-72-39(2)40-28-30-41(31-29-40)54(69)60-34-21-19-26-46-52(68)56(5)42-22-14-11-9-8-10-12-15-23-43(36-42)57(56,6)63-46/h8-12,14-15,17-18,22-25,28-31,36,39,46,63H,7,13,16,19-21,26-27,32-35,37-38H2,1-6H3,(H2,58,61)(H,59,66)(H,60,69)(H,64,67)/b9-8-,10-8?,11-9?,12-10-,14-11-,15-12?,22-14?,23-15-,42-22+,43-23?. The van der Waals surface area contributed by atoms with E-state index in [0.29, 0.717) is 74.8 Å². The summed E-state index contributed by atoms with van der Waals surface area (Å²) in [6.45, 7) is 14.7. The number of ether oxygens (including phenoxy) is 1. The fourth-order valence-electron chi connectivity index (χ4n) is 9.86. The summed E-state index contributed by atoms with van der Waals surface area (Å²) in [6.07, 6.45) is 25.7. The minimum atomic E-state index is -0.663. The van der Waals surface area contributed by atoms with E-state index >= 15 is 0 Å². The van der Waals surface area contributed by atoms with E-state index < -0.39 is 16.5 Å². The number of benzene rings is 2. The van der Waals surface area contributed by atoms with Gasteiger partial charge in [0, 0.05) is 61.0 Å². The van der Waals surface area contributed by atoms with Gasteiger partial charge in [-0.15, -0.1) is 0 Å². The number of nitrogens with two attached hydrogens (primary N) is 1. The second kappa shape index (κ2) is 24.8. The van der Waals surface area contributed by atoms with Crippen molar-refractivity contribution in [2.75, 3.05) is 31.2 Å². The van der Waals surface area contributed by atoms with E-state index in [2.05, 4.69) is 69.8 Å². The molecule has 4 aromatic rings. The van der Waals surface area contributed by atoms with Crippen LogP contribution in [-0.2, 0) is 32.3 Å². The van der Waals surface area contributed by atoms with Crippen molar-refractivity contribution in [1.29, 1.82) is 0 Å². The number of fused-ring (bicyclic) bond motifs is 7. The number of Topliss-reactive ketones (excluding diaryl/α,β-unsaturated/α-hetero) is 1. The number of nitrogen functional groups attached to an aromatic ring is 1. The maximum atomic E-state index is 14.0. The Kier molecular flexibility index (Phi) is 18.6. The number of ketones is 1. The highest BCUT2D eigenvalue weighted by Crippen LogP contribution is 2.55. The molecule has 2 aromatic carbocycles. The van der Waals surface area contributed by atoms with E-state index in [-0.39, 0.29) is 34.8 Å². The Labute approximate surface area is 432 Å². The number of nitrogens with zero attached hydrogens (tertiary/aromatic N) is 3. The fourth-order valence-corrected chi connectivity index (χ4v) is 12.2. The molecule has 7 rings (SSSR count). The van der Waals surface area contributed by atoms with Gasteiger partial charge in [0.15, 0.2) is 11.6 Å². The Hall–Kier alpha value is -5.74. The van der Waals surface area contributed by atoms with Gasteiger partial charge in [0.05, 0.1) is 33.6 Å². The van der Waals surface area contributed by atoms with Gasteiger partial charge in [-0.05, 0) is 109 Å². The maximum absolute atomic E-state index is 14.0. The average Bonchev–Trinajstić information content (AvgIpc) is 3.89. The zero-order valence-electron chi connectivity index (χ0n) is 42.7. The lowest BCUT2D eigenvalue weighted by Gasteiger charge is -2.35. The minimum absolute atomic E-state index is 0.0212. The topological polar surface area (TPSA) is 182 Å². The third-order valence-electron chi connectivity index (χ3n) is 14.0. The van der Waals surface area contributed by atoms with Crippen molar-refractivity contribution in [3.8, 4) is 0 Å². The molecule has 3 heterocycles. The van der Waals surface area contributed by atoms with Crippen molar-refractivity contribution < 1.29 is 23.9 Å². The van der Waals surface area contributed by atoms with Crippen LogP contribution in [0.5, 0.6) is 0 Å². The largest absolute Gasteiger partial charge is 0.382 e. The van der Waals surface area contributed by atoms with E-state index in [9.17, 15) is 19.2 Å². The van der Waals surface area contributed by atoms with Crippen LogP contribution in [0.25, 0.3) is 21.9 Å². The number of rotatable bonds is 24. The first-order valence-electron chi connectivity index (χ1n) is 25.4. The molecule has 0 spiro atoms. The monoisotopic (exact) mass is 1010 g/mol. The molecule has 1 saturated heterocycles. The molecule has 2 aliphatic carbocycles. The van der Waals surface area contributed by atoms with Crippen molar-refractivity contribution >= 4 is 72.8 Å². The molecule has 72 heavy (non-hydrogen) atoms. The van der Waals surface area contributed by atoms with Crippen molar-refractivity contribution in [2.45, 2.75) is 128 Å². The van der Waals surface area contributed by atoms with Crippen LogP contribution in [-0.4, -0.2) is 80.6 Å². The van der Waals surface area contributed by atoms with Gasteiger partial charge in [-0.25, -0.2) is 9.97 Å². The van der Waals surface area contributed by atoms with Gasteiger partial charge in [-0.2, -0.15) is 0 Å². The normalized spacial score (nSPS) is 22.5. The van der Waals surface area contributed by atoms with Crippen LogP contribution < -0.4 is 27.0 Å². The molecule has 4 atom stereocenters. The van der Waals surface area contributed by atoms with Crippen LogP contribution in [0.1, 0.15) is 120 Å². The fraction of sp³-hybridized carbons (Fsp3) is 0.439. The molecule has 2 bridgehead atoms. The first-order chi connectivity index (χ1) is 34.6. The zero-order valence-corrected chi connectivity index (χ0v) is 44.4. The Balaban J connectivity index is 0.742. The summed E-state index contributed by atoms with van der Waals surface area (Å²) in [7, 11) is 3.38. The molecule has 13 nitrogen and oxygen atoms in total.